The Balaban J connectivity index is 3.03. The van der Waals surface area contributed by atoms with Gasteiger partial charge in [0.1, 0.15) is 17.1 Å². The van der Waals surface area contributed by atoms with Gasteiger partial charge in [0.25, 0.3) is 0 Å². The predicted octanol–water partition coefficient (Wildman–Crippen LogP) is 3.08. The largest absolute Gasteiger partial charge is 0.497 e. The first kappa shape index (κ1) is 15.1. The lowest BCUT2D eigenvalue weighted by molar-refractivity contribution is 0.0588. The second-order valence-electron chi connectivity index (χ2n) is 5.08. The fourth-order valence-electron chi connectivity index (χ4n) is 1.49. The van der Waals surface area contributed by atoms with Crippen molar-refractivity contribution < 1.29 is 19.0 Å². The summed E-state index contributed by atoms with van der Waals surface area (Å²) in [4.78, 5) is 13.4. The summed E-state index contributed by atoms with van der Waals surface area (Å²) in [6.45, 7) is 5.46. The van der Waals surface area contributed by atoms with Gasteiger partial charge in [-0.05, 0) is 32.9 Å². The maximum atomic E-state index is 12.0. The Hall–Kier alpha value is -1.91. The molecule has 19 heavy (non-hydrogen) atoms. The van der Waals surface area contributed by atoms with Crippen molar-refractivity contribution in [2.45, 2.75) is 26.4 Å². The first-order valence-electron chi connectivity index (χ1n) is 5.97. The SMILES string of the molecule is COc1ccc(OC)c(N(C)C(=O)OC(C)(C)C)c1. The van der Waals surface area contributed by atoms with Crippen LogP contribution in [0, 0.1) is 0 Å². The van der Waals surface area contributed by atoms with Gasteiger partial charge in [-0.2, -0.15) is 0 Å². The highest BCUT2D eigenvalue weighted by atomic mass is 16.6. The second kappa shape index (κ2) is 5.82. The molecule has 106 valence electrons. The van der Waals surface area contributed by atoms with Crippen molar-refractivity contribution in [1.29, 1.82) is 0 Å². The number of carbonyl (C=O) groups is 1. The van der Waals surface area contributed by atoms with Crippen LogP contribution in [0.25, 0.3) is 0 Å². The van der Waals surface area contributed by atoms with Crippen LogP contribution < -0.4 is 14.4 Å². The van der Waals surface area contributed by atoms with Gasteiger partial charge in [-0.3, -0.25) is 4.90 Å². The molecule has 0 radical (unpaired) electrons. The molecule has 0 unspecified atom stereocenters. The molecule has 1 aromatic rings. The van der Waals surface area contributed by atoms with Gasteiger partial charge in [0.2, 0.25) is 0 Å². The molecule has 0 aliphatic heterocycles. The van der Waals surface area contributed by atoms with Crippen LogP contribution in [0.3, 0.4) is 0 Å². The summed E-state index contributed by atoms with van der Waals surface area (Å²) < 4.78 is 15.7. The molecule has 0 spiro atoms. The molecule has 1 rings (SSSR count). The third kappa shape index (κ3) is 4.05. The van der Waals surface area contributed by atoms with Crippen LogP contribution in [-0.2, 0) is 4.74 Å². The number of rotatable bonds is 3. The topological polar surface area (TPSA) is 48.0 Å². The Morgan fingerprint density at radius 1 is 1.16 bits per heavy atom. The van der Waals surface area contributed by atoms with Crippen LogP contribution >= 0.6 is 0 Å². The fraction of sp³-hybridized carbons (Fsp3) is 0.500. The van der Waals surface area contributed by atoms with Crippen LogP contribution in [-0.4, -0.2) is 33.0 Å². The minimum absolute atomic E-state index is 0.445. The summed E-state index contributed by atoms with van der Waals surface area (Å²) in [5.74, 6) is 1.22. The number of carbonyl (C=O) groups excluding carboxylic acids is 1. The fourth-order valence-corrected chi connectivity index (χ4v) is 1.49. The molecule has 5 nitrogen and oxygen atoms in total. The van der Waals surface area contributed by atoms with E-state index in [1.807, 2.05) is 20.8 Å². The van der Waals surface area contributed by atoms with Crippen molar-refractivity contribution in [3.05, 3.63) is 18.2 Å². The van der Waals surface area contributed by atoms with E-state index in [9.17, 15) is 4.79 Å². The minimum Gasteiger partial charge on any atom is -0.497 e. The molecule has 0 N–H and O–H groups in total. The van der Waals surface area contributed by atoms with Crippen molar-refractivity contribution in [3.8, 4) is 11.5 Å². The first-order valence-corrected chi connectivity index (χ1v) is 5.97. The number of benzene rings is 1. The molecule has 0 saturated heterocycles. The number of hydrogen-bond acceptors (Lipinski definition) is 4. The van der Waals surface area contributed by atoms with Gasteiger partial charge in [0, 0.05) is 13.1 Å². The first-order chi connectivity index (χ1) is 8.78. The highest BCUT2D eigenvalue weighted by Gasteiger charge is 2.22. The molecule has 0 fully saturated rings. The Labute approximate surface area is 114 Å². The number of anilines is 1. The third-order valence-corrected chi connectivity index (χ3v) is 2.41. The van der Waals surface area contributed by atoms with Gasteiger partial charge in [-0.15, -0.1) is 0 Å². The van der Waals surface area contributed by atoms with E-state index in [4.69, 9.17) is 14.2 Å². The molecule has 0 aliphatic rings. The zero-order valence-electron chi connectivity index (χ0n) is 12.3. The third-order valence-electron chi connectivity index (χ3n) is 2.41. The second-order valence-corrected chi connectivity index (χ2v) is 5.08. The summed E-state index contributed by atoms with van der Waals surface area (Å²) in [5.41, 5.74) is 0.0494. The quantitative estimate of drug-likeness (QED) is 0.844. The molecular weight excluding hydrogens is 246 g/mol. The van der Waals surface area contributed by atoms with E-state index in [2.05, 4.69) is 0 Å². The monoisotopic (exact) mass is 267 g/mol. The van der Waals surface area contributed by atoms with Crippen LogP contribution in [0.2, 0.25) is 0 Å². The maximum Gasteiger partial charge on any atom is 0.414 e. The zero-order chi connectivity index (χ0) is 14.6. The Morgan fingerprint density at radius 2 is 1.79 bits per heavy atom. The smallest absolute Gasteiger partial charge is 0.414 e. The van der Waals surface area contributed by atoms with Gasteiger partial charge in [0.05, 0.1) is 19.9 Å². The summed E-state index contributed by atoms with van der Waals surface area (Å²) >= 11 is 0. The van der Waals surface area contributed by atoms with Gasteiger partial charge < -0.3 is 14.2 Å². The maximum absolute atomic E-state index is 12.0. The molecule has 0 bridgehead atoms. The summed E-state index contributed by atoms with van der Waals surface area (Å²) in [7, 11) is 4.75. The molecule has 5 heteroatoms. The van der Waals surface area contributed by atoms with Crippen molar-refractivity contribution in [3.63, 3.8) is 0 Å². The molecule has 0 aliphatic carbocycles. The number of methoxy groups -OCH3 is 2. The molecule has 1 aromatic carbocycles. The number of nitrogens with zero attached hydrogens (tertiary/aromatic N) is 1. The van der Waals surface area contributed by atoms with Crippen LogP contribution in [0.5, 0.6) is 11.5 Å². The van der Waals surface area contributed by atoms with E-state index in [-0.39, 0.29) is 0 Å². The summed E-state index contributed by atoms with van der Waals surface area (Å²) in [6.07, 6.45) is -0.445. The molecule has 1 amide bonds. The minimum atomic E-state index is -0.544. The Morgan fingerprint density at radius 3 is 2.26 bits per heavy atom. The lowest BCUT2D eigenvalue weighted by atomic mass is 10.2. The van der Waals surface area contributed by atoms with Gasteiger partial charge >= 0.3 is 6.09 Å². The molecular formula is C14H21NO4. The summed E-state index contributed by atoms with van der Waals surface area (Å²) in [5, 5.41) is 0. The lowest BCUT2D eigenvalue weighted by Crippen LogP contribution is -2.34. The molecule has 0 aromatic heterocycles. The standard InChI is InChI=1S/C14H21NO4/c1-14(2,3)19-13(16)15(4)11-9-10(17-5)7-8-12(11)18-6/h7-9H,1-6H3. The highest BCUT2D eigenvalue weighted by Crippen LogP contribution is 2.32. The van der Waals surface area contributed by atoms with Crippen molar-refractivity contribution in [2.75, 3.05) is 26.2 Å². The Kier molecular flexibility index (Phi) is 4.64. The molecule has 0 heterocycles. The van der Waals surface area contributed by atoms with E-state index < -0.39 is 11.7 Å². The van der Waals surface area contributed by atoms with Crippen molar-refractivity contribution in [2.24, 2.45) is 0 Å². The Bertz CT molecular complexity index is 451. The van der Waals surface area contributed by atoms with Crippen LogP contribution in [0.4, 0.5) is 10.5 Å². The summed E-state index contributed by atoms with van der Waals surface area (Å²) in [6, 6.07) is 5.24. The van der Waals surface area contributed by atoms with E-state index in [1.54, 1.807) is 39.5 Å². The number of ether oxygens (including phenoxy) is 3. The normalized spacial score (nSPS) is 10.8. The van der Waals surface area contributed by atoms with E-state index in [0.717, 1.165) is 0 Å². The van der Waals surface area contributed by atoms with Gasteiger partial charge in [-0.25, -0.2) is 4.79 Å². The number of hydrogen-bond donors (Lipinski definition) is 0. The van der Waals surface area contributed by atoms with Crippen LogP contribution in [0.15, 0.2) is 18.2 Å². The van der Waals surface area contributed by atoms with Crippen LogP contribution in [0.1, 0.15) is 20.8 Å². The van der Waals surface area contributed by atoms with Gasteiger partial charge in [0.15, 0.2) is 0 Å². The highest BCUT2D eigenvalue weighted by molar-refractivity contribution is 5.89. The molecule has 0 atom stereocenters. The van der Waals surface area contributed by atoms with E-state index in [0.29, 0.717) is 17.2 Å². The molecule has 0 saturated carbocycles. The average molecular weight is 267 g/mol. The average Bonchev–Trinajstić information content (AvgIpc) is 2.35. The van der Waals surface area contributed by atoms with E-state index in [1.165, 1.54) is 4.90 Å². The van der Waals surface area contributed by atoms with E-state index >= 15 is 0 Å². The zero-order valence-corrected chi connectivity index (χ0v) is 12.3. The van der Waals surface area contributed by atoms with Crippen molar-refractivity contribution in [1.82, 2.24) is 0 Å². The number of amides is 1. The predicted molar refractivity (Wildman–Crippen MR) is 74.2 cm³/mol. The van der Waals surface area contributed by atoms with Crippen molar-refractivity contribution >= 4 is 11.8 Å². The lowest BCUT2D eigenvalue weighted by Gasteiger charge is -2.25. The van der Waals surface area contributed by atoms with Gasteiger partial charge in [-0.1, -0.05) is 0 Å².